The second-order valence-corrected chi connectivity index (χ2v) is 10.7. The van der Waals surface area contributed by atoms with Gasteiger partial charge in [-0.15, -0.1) is 11.3 Å². The average molecular weight is 520 g/mol. The molecule has 0 atom stereocenters. The summed E-state index contributed by atoms with van der Waals surface area (Å²) in [5.74, 6) is -0.494. The number of rotatable bonds is 5. The molecule has 3 amide bonds. The van der Waals surface area contributed by atoms with Gasteiger partial charge in [-0.05, 0) is 71.6 Å². The minimum Gasteiger partial charge on any atom is -0.370 e. The third-order valence-electron chi connectivity index (χ3n) is 6.02. The Morgan fingerprint density at radius 2 is 1.94 bits per heavy atom. The van der Waals surface area contributed by atoms with E-state index < -0.39 is 5.54 Å². The lowest BCUT2D eigenvalue weighted by atomic mass is 9.80. The van der Waals surface area contributed by atoms with Crippen LogP contribution in [0.5, 0.6) is 0 Å². The molecule has 1 saturated heterocycles. The molecular formula is C23H26BrN3O4S. The number of carbonyl (C=O) groups is 3. The van der Waals surface area contributed by atoms with E-state index in [9.17, 15) is 14.4 Å². The summed E-state index contributed by atoms with van der Waals surface area (Å²) in [5.41, 5.74) is 1.43. The Morgan fingerprint density at radius 1 is 1.16 bits per heavy atom. The van der Waals surface area contributed by atoms with E-state index in [4.69, 9.17) is 4.74 Å². The summed E-state index contributed by atoms with van der Waals surface area (Å²) in [6, 6.07) is 9.11. The molecule has 2 aliphatic rings. The van der Waals surface area contributed by atoms with Crippen LogP contribution in [0.2, 0.25) is 0 Å². The topological polar surface area (TPSA) is 87.7 Å². The molecule has 0 unspecified atom stereocenters. The average Bonchev–Trinajstić information content (AvgIpc) is 3.22. The summed E-state index contributed by atoms with van der Waals surface area (Å²) in [5, 5.41) is 6.05. The van der Waals surface area contributed by atoms with E-state index in [1.165, 1.54) is 11.3 Å². The molecule has 2 heterocycles. The molecule has 1 aromatic heterocycles. The SMILES string of the molecule is Cc1cc(NC(=O)C2(NC(=O)c3ccc(Br)s3)CCCCC2)ccc1N1CCOCC1=O. The molecule has 2 aromatic rings. The number of anilines is 2. The second kappa shape index (κ2) is 9.72. The van der Waals surface area contributed by atoms with Crippen LogP contribution in [0.3, 0.4) is 0 Å². The number of hydrogen-bond donors (Lipinski definition) is 2. The van der Waals surface area contributed by atoms with Crippen molar-refractivity contribution in [3.8, 4) is 0 Å². The molecule has 9 heteroatoms. The zero-order valence-corrected chi connectivity index (χ0v) is 20.3. The fourth-order valence-electron chi connectivity index (χ4n) is 4.34. The van der Waals surface area contributed by atoms with Crippen LogP contribution >= 0.6 is 27.3 Å². The number of ether oxygens (including phenoxy) is 1. The first-order valence-electron chi connectivity index (χ1n) is 10.8. The maximum absolute atomic E-state index is 13.4. The molecule has 2 fully saturated rings. The van der Waals surface area contributed by atoms with Crippen molar-refractivity contribution < 1.29 is 19.1 Å². The molecule has 1 aliphatic heterocycles. The van der Waals surface area contributed by atoms with Crippen LogP contribution in [0.25, 0.3) is 0 Å². The van der Waals surface area contributed by atoms with Gasteiger partial charge in [0.25, 0.3) is 11.8 Å². The van der Waals surface area contributed by atoms with Crippen molar-refractivity contribution in [1.29, 1.82) is 0 Å². The number of aryl methyl sites for hydroxylation is 1. The van der Waals surface area contributed by atoms with Crippen LogP contribution < -0.4 is 15.5 Å². The largest absolute Gasteiger partial charge is 0.370 e. The summed E-state index contributed by atoms with van der Waals surface area (Å²) >= 11 is 4.73. The van der Waals surface area contributed by atoms with Gasteiger partial charge < -0.3 is 20.3 Å². The third-order valence-corrected chi connectivity index (χ3v) is 7.65. The van der Waals surface area contributed by atoms with Crippen LogP contribution in [0, 0.1) is 6.92 Å². The Morgan fingerprint density at radius 3 is 2.59 bits per heavy atom. The highest BCUT2D eigenvalue weighted by Gasteiger charge is 2.41. The number of thiophene rings is 1. The van der Waals surface area contributed by atoms with E-state index in [1.807, 2.05) is 25.1 Å². The van der Waals surface area contributed by atoms with Gasteiger partial charge in [-0.3, -0.25) is 14.4 Å². The summed E-state index contributed by atoms with van der Waals surface area (Å²) in [7, 11) is 0. The Kier molecular flexibility index (Phi) is 6.97. The first-order valence-corrected chi connectivity index (χ1v) is 12.4. The van der Waals surface area contributed by atoms with Crippen molar-refractivity contribution in [1.82, 2.24) is 5.32 Å². The minimum atomic E-state index is -0.932. The molecule has 0 spiro atoms. The molecule has 1 aromatic carbocycles. The molecule has 7 nitrogen and oxygen atoms in total. The molecule has 0 radical (unpaired) electrons. The lowest BCUT2D eigenvalue weighted by molar-refractivity contribution is -0.125. The van der Waals surface area contributed by atoms with E-state index >= 15 is 0 Å². The molecule has 1 saturated carbocycles. The predicted octanol–water partition coefficient (Wildman–Crippen LogP) is 4.25. The predicted molar refractivity (Wildman–Crippen MR) is 128 cm³/mol. The highest BCUT2D eigenvalue weighted by atomic mass is 79.9. The van der Waals surface area contributed by atoms with Crippen LogP contribution in [-0.2, 0) is 14.3 Å². The van der Waals surface area contributed by atoms with Crippen molar-refractivity contribution in [2.75, 3.05) is 30.0 Å². The molecule has 1 aliphatic carbocycles. The Labute approximate surface area is 199 Å². The van der Waals surface area contributed by atoms with Gasteiger partial charge in [0.2, 0.25) is 5.91 Å². The number of benzene rings is 1. The van der Waals surface area contributed by atoms with E-state index in [1.54, 1.807) is 17.0 Å². The summed E-state index contributed by atoms with van der Waals surface area (Å²) in [6.07, 6.45) is 4.04. The van der Waals surface area contributed by atoms with Crippen molar-refractivity contribution in [3.63, 3.8) is 0 Å². The Bertz CT molecular complexity index is 1030. The van der Waals surface area contributed by atoms with E-state index in [-0.39, 0.29) is 24.3 Å². The fourth-order valence-corrected chi connectivity index (χ4v) is 5.62. The number of nitrogens with zero attached hydrogens (tertiary/aromatic N) is 1. The third kappa shape index (κ3) is 4.89. The molecule has 2 N–H and O–H groups in total. The van der Waals surface area contributed by atoms with Gasteiger partial charge in [0.1, 0.15) is 12.1 Å². The first-order chi connectivity index (χ1) is 15.4. The molecule has 0 bridgehead atoms. The van der Waals surface area contributed by atoms with Crippen molar-refractivity contribution >= 4 is 56.4 Å². The fraction of sp³-hybridized carbons (Fsp3) is 0.435. The van der Waals surface area contributed by atoms with Crippen molar-refractivity contribution in [3.05, 3.63) is 44.6 Å². The van der Waals surface area contributed by atoms with Crippen LogP contribution in [0.15, 0.2) is 34.1 Å². The van der Waals surface area contributed by atoms with Gasteiger partial charge in [-0.1, -0.05) is 19.3 Å². The number of carbonyl (C=O) groups excluding carboxylic acids is 3. The van der Waals surface area contributed by atoms with Gasteiger partial charge in [0.05, 0.1) is 15.3 Å². The number of amides is 3. The quantitative estimate of drug-likeness (QED) is 0.617. The van der Waals surface area contributed by atoms with Crippen LogP contribution in [0.1, 0.15) is 47.3 Å². The van der Waals surface area contributed by atoms with E-state index in [0.717, 1.165) is 34.3 Å². The summed E-state index contributed by atoms with van der Waals surface area (Å²) in [6.45, 7) is 3.02. The van der Waals surface area contributed by atoms with E-state index in [0.29, 0.717) is 36.6 Å². The van der Waals surface area contributed by atoms with E-state index in [2.05, 4.69) is 26.6 Å². The lowest BCUT2D eigenvalue weighted by Gasteiger charge is -2.36. The zero-order valence-electron chi connectivity index (χ0n) is 17.9. The van der Waals surface area contributed by atoms with Crippen molar-refractivity contribution in [2.45, 2.75) is 44.6 Å². The van der Waals surface area contributed by atoms with Gasteiger partial charge in [0, 0.05) is 17.9 Å². The maximum Gasteiger partial charge on any atom is 0.262 e. The van der Waals surface area contributed by atoms with Crippen molar-refractivity contribution in [2.24, 2.45) is 0 Å². The lowest BCUT2D eigenvalue weighted by Crippen LogP contribution is -2.57. The molecule has 170 valence electrons. The van der Waals surface area contributed by atoms with Gasteiger partial charge in [-0.25, -0.2) is 0 Å². The monoisotopic (exact) mass is 519 g/mol. The maximum atomic E-state index is 13.4. The molecular weight excluding hydrogens is 494 g/mol. The summed E-state index contributed by atoms with van der Waals surface area (Å²) in [4.78, 5) is 40.7. The smallest absolute Gasteiger partial charge is 0.262 e. The molecule has 4 rings (SSSR count). The zero-order chi connectivity index (χ0) is 22.7. The first kappa shape index (κ1) is 22.9. The van der Waals surface area contributed by atoms with Gasteiger partial charge >= 0.3 is 0 Å². The van der Waals surface area contributed by atoms with Crippen LogP contribution in [-0.4, -0.2) is 43.0 Å². The molecule has 32 heavy (non-hydrogen) atoms. The number of halogens is 1. The van der Waals surface area contributed by atoms with Gasteiger partial charge in [0.15, 0.2) is 0 Å². The highest BCUT2D eigenvalue weighted by Crippen LogP contribution is 2.32. The Hall–Kier alpha value is -2.23. The number of hydrogen-bond acceptors (Lipinski definition) is 5. The van der Waals surface area contributed by atoms with Crippen LogP contribution in [0.4, 0.5) is 11.4 Å². The summed E-state index contributed by atoms with van der Waals surface area (Å²) < 4.78 is 6.08. The number of nitrogens with one attached hydrogen (secondary N) is 2. The Balaban J connectivity index is 1.51. The highest BCUT2D eigenvalue weighted by molar-refractivity contribution is 9.11. The second-order valence-electron chi connectivity index (χ2n) is 8.25. The number of morpholine rings is 1. The normalized spacial score (nSPS) is 18.3. The standard InChI is InChI=1S/C23H26BrN3O4S/c1-15-13-16(5-6-17(15)27-11-12-31-14-20(27)28)25-22(30)23(9-3-2-4-10-23)26-21(29)18-7-8-19(24)32-18/h5-8,13H,2-4,9-12,14H2,1H3,(H,25,30)(H,26,29). The van der Waals surface area contributed by atoms with Gasteiger partial charge in [-0.2, -0.15) is 0 Å². The minimum absolute atomic E-state index is 0.0692.